The van der Waals surface area contributed by atoms with Crippen LogP contribution in [0.25, 0.3) is 11.0 Å². The lowest BCUT2D eigenvalue weighted by Gasteiger charge is -2.17. The largest absolute Gasteiger partial charge is 0.328 e. The monoisotopic (exact) mass is 413 g/mol. The molecule has 0 radical (unpaired) electrons. The lowest BCUT2D eigenvalue weighted by molar-refractivity contribution is -0.117. The summed E-state index contributed by atoms with van der Waals surface area (Å²) in [6, 6.07) is 24.8. The molecule has 2 heterocycles. The van der Waals surface area contributed by atoms with Crippen LogP contribution >= 0.6 is 0 Å². The molecule has 31 heavy (non-hydrogen) atoms. The van der Waals surface area contributed by atoms with Crippen LogP contribution in [-0.4, -0.2) is 22.0 Å². The van der Waals surface area contributed by atoms with Gasteiger partial charge in [-0.1, -0.05) is 42.5 Å². The van der Waals surface area contributed by atoms with Crippen molar-refractivity contribution in [2.75, 3.05) is 11.4 Å². The lowest BCUT2D eigenvalue weighted by Crippen LogP contribution is -2.24. The zero-order valence-electron chi connectivity index (χ0n) is 17.2. The van der Waals surface area contributed by atoms with Crippen LogP contribution in [0.3, 0.4) is 0 Å². The number of nitrogens with zero attached hydrogens (tertiary/aromatic N) is 3. The van der Waals surface area contributed by atoms with Crippen LogP contribution < -0.4 is 4.90 Å². The number of aromatic nitrogens is 2. The minimum atomic E-state index is -0.299. The molecule has 0 N–H and O–H groups in total. The molecule has 1 unspecified atom stereocenters. The van der Waals surface area contributed by atoms with Crippen molar-refractivity contribution in [1.82, 2.24) is 9.55 Å². The molecule has 0 saturated carbocycles. The molecule has 1 aliphatic rings. The van der Waals surface area contributed by atoms with E-state index in [0.717, 1.165) is 41.9 Å². The molecule has 1 atom stereocenters. The second kappa shape index (κ2) is 8.34. The van der Waals surface area contributed by atoms with Crippen molar-refractivity contribution in [1.29, 1.82) is 0 Å². The van der Waals surface area contributed by atoms with E-state index in [4.69, 9.17) is 4.98 Å². The van der Waals surface area contributed by atoms with Crippen molar-refractivity contribution in [2.24, 2.45) is 0 Å². The number of amides is 1. The lowest BCUT2D eigenvalue weighted by atomic mass is 10.1. The van der Waals surface area contributed by atoms with Gasteiger partial charge in [-0.2, -0.15) is 0 Å². The van der Waals surface area contributed by atoms with E-state index in [1.807, 2.05) is 24.3 Å². The number of rotatable bonds is 6. The number of halogens is 1. The maximum absolute atomic E-state index is 13.3. The molecule has 1 aromatic heterocycles. The van der Waals surface area contributed by atoms with Crippen LogP contribution in [0.5, 0.6) is 0 Å². The van der Waals surface area contributed by atoms with Gasteiger partial charge in [0.15, 0.2) is 0 Å². The van der Waals surface area contributed by atoms with Gasteiger partial charge in [-0.05, 0) is 54.8 Å². The van der Waals surface area contributed by atoms with Crippen LogP contribution in [0.1, 0.15) is 30.1 Å². The summed E-state index contributed by atoms with van der Waals surface area (Å²) < 4.78 is 15.6. The van der Waals surface area contributed by atoms with Crippen LogP contribution in [0.15, 0.2) is 78.9 Å². The Labute approximate surface area is 181 Å². The average Bonchev–Trinajstić information content (AvgIpc) is 3.36. The van der Waals surface area contributed by atoms with Crippen molar-refractivity contribution in [2.45, 2.75) is 31.7 Å². The molecule has 156 valence electrons. The van der Waals surface area contributed by atoms with Gasteiger partial charge in [0.05, 0.1) is 11.0 Å². The van der Waals surface area contributed by atoms with Gasteiger partial charge < -0.3 is 9.47 Å². The number of para-hydroxylation sites is 2. The fourth-order valence-electron chi connectivity index (χ4n) is 4.48. The van der Waals surface area contributed by atoms with Gasteiger partial charge in [-0.25, -0.2) is 9.37 Å². The highest BCUT2D eigenvalue weighted by atomic mass is 19.1. The first-order chi connectivity index (χ1) is 15.2. The van der Waals surface area contributed by atoms with Crippen LogP contribution in [0, 0.1) is 5.82 Å². The number of carbonyl (C=O) groups is 1. The van der Waals surface area contributed by atoms with Crippen molar-refractivity contribution >= 4 is 22.6 Å². The Morgan fingerprint density at radius 3 is 2.48 bits per heavy atom. The first-order valence-electron chi connectivity index (χ1n) is 10.7. The fraction of sp³-hybridized carbons (Fsp3) is 0.231. The highest BCUT2D eigenvalue weighted by molar-refractivity contribution is 5.96. The number of hydrogen-bond acceptors (Lipinski definition) is 2. The Morgan fingerprint density at radius 1 is 0.935 bits per heavy atom. The second-order valence-corrected chi connectivity index (χ2v) is 8.08. The summed E-state index contributed by atoms with van der Waals surface area (Å²) in [5.41, 5.74) is 4.13. The van der Waals surface area contributed by atoms with E-state index < -0.39 is 0 Å². The Kier molecular flexibility index (Phi) is 5.24. The van der Waals surface area contributed by atoms with Crippen LogP contribution in [0.4, 0.5) is 10.1 Å². The Balaban J connectivity index is 1.40. The van der Waals surface area contributed by atoms with E-state index in [9.17, 15) is 9.18 Å². The minimum absolute atomic E-state index is 0.0154. The topological polar surface area (TPSA) is 38.1 Å². The van der Waals surface area contributed by atoms with Crippen molar-refractivity contribution in [3.8, 4) is 0 Å². The van der Waals surface area contributed by atoms with E-state index in [0.29, 0.717) is 13.0 Å². The van der Waals surface area contributed by atoms with Gasteiger partial charge >= 0.3 is 0 Å². The van der Waals surface area contributed by atoms with Crippen LogP contribution in [0.2, 0.25) is 0 Å². The van der Waals surface area contributed by atoms with E-state index >= 15 is 0 Å². The Morgan fingerprint density at radius 2 is 1.68 bits per heavy atom. The number of aryl methyl sites for hydroxylation is 2. The minimum Gasteiger partial charge on any atom is -0.328 e. The standard InChI is InChI=1S/C26H24FN3O/c27-21-12-14-22(15-13-21)30-18-20(17-25(30)31)26-28-23-10-4-5-11-24(23)29(26)16-6-9-19-7-2-1-3-8-19/h1-5,7-8,10-15,20H,6,9,16-18H2. The van der Waals surface area contributed by atoms with Crippen molar-refractivity contribution in [3.05, 3.63) is 96.1 Å². The average molecular weight is 413 g/mol. The first-order valence-corrected chi connectivity index (χ1v) is 10.7. The molecule has 0 spiro atoms. The van der Waals surface area contributed by atoms with Crippen molar-refractivity contribution in [3.63, 3.8) is 0 Å². The van der Waals surface area contributed by atoms with Crippen molar-refractivity contribution < 1.29 is 9.18 Å². The molecule has 1 fully saturated rings. The first kappa shape index (κ1) is 19.5. The summed E-state index contributed by atoms with van der Waals surface area (Å²) in [7, 11) is 0. The number of carbonyl (C=O) groups excluding carboxylic acids is 1. The third-order valence-corrected chi connectivity index (χ3v) is 6.00. The molecule has 0 bridgehead atoms. The molecular formula is C26H24FN3O. The van der Waals surface area contributed by atoms with Gasteiger partial charge in [0.25, 0.3) is 0 Å². The molecule has 4 nitrogen and oxygen atoms in total. The number of benzene rings is 3. The van der Waals surface area contributed by atoms with E-state index in [1.54, 1.807) is 17.0 Å². The van der Waals surface area contributed by atoms with Gasteiger partial charge in [0, 0.05) is 31.1 Å². The number of anilines is 1. The molecule has 1 aliphatic heterocycles. The molecule has 5 rings (SSSR count). The molecular weight excluding hydrogens is 389 g/mol. The third kappa shape index (κ3) is 3.96. The Bertz CT molecular complexity index is 1200. The van der Waals surface area contributed by atoms with E-state index in [2.05, 4.69) is 34.9 Å². The summed E-state index contributed by atoms with van der Waals surface area (Å²) >= 11 is 0. The van der Waals surface area contributed by atoms with Crippen LogP contribution in [-0.2, 0) is 17.8 Å². The molecule has 3 aromatic carbocycles. The predicted octanol–water partition coefficient (Wildman–Crippen LogP) is 5.33. The molecule has 0 aliphatic carbocycles. The van der Waals surface area contributed by atoms with Gasteiger partial charge in [0.1, 0.15) is 11.6 Å². The highest BCUT2D eigenvalue weighted by Gasteiger charge is 2.34. The fourth-order valence-corrected chi connectivity index (χ4v) is 4.48. The number of imidazole rings is 1. The summed E-state index contributed by atoms with van der Waals surface area (Å²) in [6.45, 7) is 1.42. The van der Waals surface area contributed by atoms with Gasteiger partial charge in [-0.15, -0.1) is 0 Å². The summed E-state index contributed by atoms with van der Waals surface area (Å²) in [6.07, 6.45) is 2.41. The van der Waals surface area contributed by atoms with Gasteiger partial charge in [-0.3, -0.25) is 4.79 Å². The normalized spacial score (nSPS) is 16.4. The summed E-state index contributed by atoms with van der Waals surface area (Å²) in [5.74, 6) is 0.737. The SMILES string of the molecule is O=C1CC(c2nc3ccccc3n2CCCc2ccccc2)CN1c1ccc(F)cc1. The highest BCUT2D eigenvalue weighted by Crippen LogP contribution is 2.33. The second-order valence-electron chi connectivity index (χ2n) is 8.08. The molecule has 5 heteroatoms. The van der Waals surface area contributed by atoms with E-state index in [-0.39, 0.29) is 17.6 Å². The quantitative estimate of drug-likeness (QED) is 0.429. The smallest absolute Gasteiger partial charge is 0.227 e. The Hall–Kier alpha value is -3.47. The number of fused-ring (bicyclic) bond motifs is 1. The molecule has 1 saturated heterocycles. The number of hydrogen-bond donors (Lipinski definition) is 0. The molecule has 1 amide bonds. The summed E-state index contributed by atoms with van der Waals surface area (Å²) in [5, 5.41) is 0. The zero-order valence-corrected chi connectivity index (χ0v) is 17.2. The molecule has 4 aromatic rings. The van der Waals surface area contributed by atoms with Gasteiger partial charge in [0.2, 0.25) is 5.91 Å². The maximum Gasteiger partial charge on any atom is 0.227 e. The van der Waals surface area contributed by atoms with E-state index in [1.165, 1.54) is 17.7 Å². The maximum atomic E-state index is 13.3. The third-order valence-electron chi connectivity index (χ3n) is 6.00. The zero-order chi connectivity index (χ0) is 21.2. The predicted molar refractivity (Wildman–Crippen MR) is 121 cm³/mol. The summed E-state index contributed by atoms with van der Waals surface area (Å²) in [4.78, 5) is 19.4.